The first-order valence-electron chi connectivity index (χ1n) is 5.90. The van der Waals surface area contributed by atoms with Gasteiger partial charge in [-0.05, 0) is 19.9 Å². The molecule has 0 spiro atoms. The highest BCUT2D eigenvalue weighted by atomic mass is 16.5. The van der Waals surface area contributed by atoms with Crippen molar-refractivity contribution in [1.82, 2.24) is 9.80 Å². The highest BCUT2D eigenvalue weighted by Crippen LogP contribution is 2.27. The Morgan fingerprint density at radius 3 is 2.50 bits per heavy atom. The van der Waals surface area contributed by atoms with E-state index in [4.69, 9.17) is 4.74 Å². The van der Waals surface area contributed by atoms with Crippen molar-refractivity contribution in [2.75, 3.05) is 46.4 Å². The van der Waals surface area contributed by atoms with Gasteiger partial charge < -0.3 is 14.7 Å². The number of carboxylic acid groups (broad SMARTS) is 1. The van der Waals surface area contributed by atoms with Gasteiger partial charge in [-0.25, -0.2) is 0 Å². The summed E-state index contributed by atoms with van der Waals surface area (Å²) >= 11 is 0. The number of piperazine rings is 1. The van der Waals surface area contributed by atoms with E-state index in [1.165, 1.54) is 0 Å². The van der Waals surface area contributed by atoms with Crippen LogP contribution in [0.3, 0.4) is 0 Å². The predicted molar refractivity (Wildman–Crippen MR) is 59.5 cm³/mol. The number of rotatable bonds is 2. The van der Waals surface area contributed by atoms with Crippen LogP contribution in [0.4, 0.5) is 0 Å². The van der Waals surface area contributed by atoms with Crippen LogP contribution in [0.1, 0.15) is 12.8 Å². The maximum atomic E-state index is 11.5. The molecule has 2 fully saturated rings. The molecule has 0 aromatic carbocycles. The summed E-state index contributed by atoms with van der Waals surface area (Å²) in [5, 5.41) is 9.47. The summed E-state index contributed by atoms with van der Waals surface area (Å²) in [4.78, 5) is 15.8. The fraction of sp³-hybridized carbons (Fsp3) is 0.909. The largest absolute Gasteiger partial charge is 0.480 e. The third-order valence-corrected chi connectivity index (χ3v) is 3.73. The van der Waals surface area contributed by atoms with Crippen LogP contribution < -0.4 is 0 Å². The summed E-state index contributed by atoms with van der Waals surface area (Å²) < 4.78 is 5.39. The quantitative estimate of drug-likeness (QED) is 0.713. The predicted octanol–water partition coefficient (Wildman–Crippen LogP) is -0.132. The second kappa shape index (κ2) is 4.69. The third-order valence-electron chi connectivity index (χ3n) is 3.73. The van der Waals surface area contributed by atoms with Crippen molar-refractivity contribution in [3.05, 3.63) is 0 Å². The molecular weight excluding hydrogens is 208 g/mol. The molecule has 2 heterocycles. The molecule has 16 heavy (non-hydrogen) atoms. The van der Waals surface area contributed by atoms with Crippen LogP contribution in [0.2, 0.25) is 0 Å². The monoisotopic (exact) mass is 228 g/mol. The summed E-state index contributed by atoms with van der Waals surface area (Å²) in [6, 6.07) is 0. The Kier molecular flexibility index (Phi) is 3.47. The summed E-state index contributed by atoms with van der Waals surface area (Å²) in [5.74, 6) is -0.725. The lowest BCUT2D eigenvalue weighted by molar-refractivity contribution is -0.163. The number of ether oxygens (including phenoxy) is 1. The van der Waals surface area contributed by atoms with Gasteiger partial charge in [0.15, 0.2) is 0 Å². The van der Waals surface area contributed by atoms with Crippen LogP contribution in [-0.4, -0.2) is 72.9 Å². The molecule has 2 saturated heterocycles. The van der Waals surface area contributed by atoms with Gasteiger partial charge in [-0.3, -0.25) is 9.69 Å². The number of carbonyl (C=O) groups is 1. The van der Waals surface area contributed by atoms with Gasteiger partial charge in [0.05, 0.1) is 6.61 Å². The molecule has 1 N–H and O–H groups in total. The minimum atomic E-state index is -0.764. The lowest BCUT2D eigenvalue weighted by Gasteiger charge is -2.46. The van der Waals surface area contributed by atoms with Crippen molar-refractivity contribution < 1.29 is 14.6 Å². The van der Waals surface area contributed by atoms with Crippen molar-refractivity contribution in [1.29, 1.82) is 0 Å². The second-order valence-electron chi connectivity index (χ2n) is 4.78. The van der Waals surface area contributed by atoms with Gasteiger partial charge in [-0.2, -0.15) is 0 Å². The smallest absolute Gasteiger partial charge is 0.326 e. The summed E-state index contributed by atoms with van der Waals surface area (Å²) in [6.45, 7) is 4.57. The van der Waals surface area contributed by atoms with E-state index in [1.807, 2.05) is 0 Å². The molecule has 92 valence electrons. The first-order chi connectivity index (χ1) is 7.65. The highest BCUT2D eigenvalue weighted by molar-refractivity contribution is 5.79. The normalized spacial score (nSPS) is 33.8. The van der Waals surface area contributed by atoms with Crippen molar-refractivity contribution in [2.45, 2.75) is 18.4 Å². The van der Waals surface area contributed by atoms with E-state index in [2.05, 4.69) is 16.8 Å². The molecule has 1 unspecified atom stereocenters. The molecule has 0 aromatic rings. The van der Waals surface area contributed by atoms with E-state index in [1.54, 1.807) is 0 Å². The Hall–Kier alpha value is -0.650. The third kappa shape index (κ3) is 2.07. The van der Waals surface area contributed by atoms with Gasteiger partial charge in [0.2, 0.25) is 0 Å². The molecule has 2 aliphatic rings. The first-order valence-corrected chi connectivity index (χ1v) is 5.90. The summed E-state index contributed by atoms with van der Waals surface area (Å²) in [6.07, 6.45) is 1.56. The van der Waals surface area contributed by atoms with E-state index in [0.29, 0.717) is 19.6 Å². The fourth-order valence-electron chi connectivity index (χ4n) is 2.57. The highest BCUT2D eigenvalue weighted by Gasteiger charge is 2.46. The molecule has 0 bridgehead atoms. The van der Waals surface area contributed by atoms with E-state index in [9.17, 15) is 9.90 Å². The van der Waals surface area contributed by atoms with Crippen LogP contribution in [-0.2, 0) is 9.53 Å². The number of carboxylic acids is 1. The molecule has 0 saturated carbocycles. The summed E-state index contributed by atoms with van der Waals surface area (Å²) in [5.41, 5.74) is -0.764. The molecule has 1 atom stereocenters. The van der Waals surface area contributed by atoms with E-state index in [0.717, 1.165) is 32.6 Å². The molecule has 5 heteroatoms. The zero-order valence-electron chi connectivity index (χ0n) is 9.81. The number of likely N-dealkylation sites (N-methyl/N-ethyl adjacent to an activating group) is 1. The van der Waals surface area contributed by atoms with E-state index < -0.39 is 11.5 Å². The average molecular weight is 228 g/mol. The van der Waals surface area contributed by atoms with Gasteiger partial charge in [0, 0.05) is 32.8 Å². The maximum Gasteiger partial charge on any atom is 0.326 e. The van der Waals surface area contributed by atoms with E-state index in [-0.39, 0.29) is 0 Å². The zero-order valence-corrected chi connectivity index (χ0v) is 9.81. The average Bonchev–Trinajstić information content (AvgIpc) is 2.30. The van der Waals surface area contributed by atoms with Crippen molar-refractivity contribution >= 4 is 5.97 Å². The fourth-order valence-corrected chi connectivity index (χ4v) is 2.57. The topological polar surface area (TPSA) is 53.0 Å². The molecule has 0 aliphatic carbocycles. The Labute approximate surface area is 96.0 Å². The van der Waals surface area contributed by atoms with Crippen LogP contribution in [0.25, 0.3) is 0 Å². The lowest BCUT2D eigenvalue weighted by atomic mass is 9.89. The number of aliphatic carboxylic acids is 1. The van der Waals surface area contributed by atoms with Crippen molar-refractivity contribution in [2.24, 2.45) is 0 Å². The van der Waals surface area contributed by atoms with Crippen LogP contribution in [0.5, 0.6) is 0 Å². The van der Waals surface area contributed by atoms with Gasteiger partial charge in [-0.15, -0.1) is 0 Å². The lowest BCUT2D eigenvalue weighted by Crippen LogP contribution is -2.63. The van der Waals surface area contributed by atoms with Gasteiger partial charge in [-0.1, -0.05) is 0 Å². The molecular formula is C11H20N2O3. The minimum absolute atomic E-state index is 0.339. The Balaban J connectivity index is 2.09. The second-order valence-corrected chi connectivity index (χ2v) is 4.78. The molecule has 0 aromatic heterocycles. The molecule has 2 rings (SSSR count). The summed E-state index contributed by atoms with van der Waals surface area (Å²) in [7, 11) is 2.07. The Morgan fingerprint density at radius 2 is 2.00 bits per heavy atom. The Morgan fingerprint density at radius 1 is 1.31 bits per heavy atom. The number of hydrogen-bond donors (Lipinski definition) is 1. The number of nitrogens with zero attached hydrogens (tertiary/aromatic N) is 2. The molecule has 2 aliphatic heterocycles. The standard InChI is InChI=1S/C11H20N2O3/c1-12-4-6-13(7-5-12)11(10(14)15)3-2-8-16-9-11/h2-9H2,1H3,(H,14,15). The van der Waals surface area contributed by atoms with E-state index >= 15 is 0 Å². The van der Waals surface area contributed by atoms with Crippen LogP contribution in [0.15, 0.2) is 0 Å². The number of hydrogen-bond acceptors (Lipinski definition) is 4. The first kappa shape index (κ1) is 11.8. The molecule has 0 radical (unpaired) electrons. The van der Waals surface area contributed by atoms with Gasteiger partial charge >= 0.3 is 5.97 Å². The maximum absolute atomic E-state index is 11.5. The van der Waals surface area contributed by atoms with Crippen LogP contribution in [0, 0.1) is 0 Å². The van der Waals surface area contributed by atoms with Crippen LogP contribution >= 0.6 is 0 Å². The SMILES string of the molecule is CN1CCN(C2(C(=O)O)CCCOC2)CC1. The van der Waals surface area contributed by atoms with Crippen molar-refractivity contribution in [3.8, 4) is 0 Å². The molecule has 0 amide bonds. The van der Waals surface area contributed by atoms with Gasteiger partial charge in [0.25, 0.3) is 0 Å². The van der Waals surface area contributed by atoms with Crippen molar-refractivity contribution in [3.63, 3.8) is 0 Å². The zero-order chi connectivity index (χ0) is 11.6. The minimum Gasteiger partial charge on any atom is -0.480 e. The Bertz CT molecular complexity index is 256. The van der Waals surface area contributed by atoms with Gasteiger partial charge in [0.1, 0.15) is 5.54 Å². The molecule has 5 nitrogen and oxygen atoms in total.